The summed E-state index contributed by atoms with van der Waals surface area (Å²) in [6.45, 7) is 5.61. The fourth-order valence-electron chi connectivity index (χ4n) is 1.39. The van der Waals surface area contributed by atoms with Gasteiger partial charge < -0.3 is 5.32 Å². The number of carbonyl (C=O) groups excluding carboxylic acids is 1. The van der Waals surface area contributed by atoms with Gasteiger partial charge in [0, 0.05) is 5.70 Å². The Labute approximate surface area is 96.7 Å². The van der Waals surface area contributed by atoms with E-state index in [2.05, 4.69) is 11.9 Å². The average molecular weight is 215 g/mol. The Kier molecular flexibility index (Phi) is 5.06. The van der Waals surface area contributed by atoms with Gasteiger partial charge in [-0.15, -0.1) is 0 Å². The van der Waals surface area contributed by atoms with Crippen LogP contribution in [0.5, 0.6) is 0 Å². The van der Waals surface area contributed by atoms with Crippen LogP contribution in [0.15, 0.2) is 54.8 Å². The quantitative estimate of drug-likeness (QED) is 0.752. The smallest absolute Gasteiger partial charge is 0.228 e. The van der Waals surface area contributed by atoms with E-state index in [4.69, 9.17) is 0 Å². The van der Waals surface area contributed by atoms with Crippen molar-refractivity contribution in [3.8, 4) is 0 Å². The van der Waals surface area contributed by atoms with E-state index in [1.807, 2.05) is 43.3 Å². The molecule has 0 saturated carbocycles. The van der Waals surface area contributed by atoms with Crippen LogP contribution in [0.4, 0.5) is 0 Å². The number of carbonyl (C=O) groups is 1. The van der Waals surface area contributed by atoms with Gasteiger partial charge in [0.05, 0.1) is 6.42 Å². The van der Waals surface area contributed by atoms with Gasteiger partial charge >= 0.3 is 0 Å². The summed E-state index contributed by atoms with van der Waals surface area (Å²) in [6, 6.07) is 9.70. The molecule has 0 aliphatic heterocycles. The third-order valence-corrected chi connectivity index (χ3v) is 2.21. The molecular weight excluding hydrogens is 198 g/mol. The van der Waals surface area contributed by atoms with Crippen molar-refractivity contribution in [2.24, 2.45) is 0 Å². The second kappa shape index (κ2) is 6.62. The van der Waals surface area contributed by atoms with Crippen LogP contribution < -0.4 is 5.32 Å². The minimum Gasteiger partial charge on any atom is -0.330 e. The van der Waals surface area contributed by atoms with Gasteiger partial charge in [0.25, 0.3) is 0 Å². The van der Waals surface area contributed by atoms with Crippen LogP contribution in [0.25, 0.3) is 0 Å². The molecule has 84 valence electrons. The molecule has 0 spiro atoms. The number of hydrogen-bond donors (Lipinski definition) is 1. The van der Waals surface area contributed by atoms with Gasteiger partial charge in [-0.05, 0) is 18.1 Å². The monoisotopic (exact) mass is 215 g/mol. The summed E-state index contributed by atoms with van der Waals surface area (Å²) in [5.41, 5.74) is 1.92. The Bertz CT molecular complexity index is 379. The van der Waals surface area contributed by atoms with Crippen molar-refractivity contribution in [2.75, 3.05) is 0 Å². The Morgan fingerprint density at radius 3 is 2.62 bits per heavy atom. The third-order valence-electron chi connectivity index (χ3n) is 2.21. The predicted octanol–water partition coefficient (Wildman–Crippen LogP) is 2.83. The molecule has 1 rings (SSSR count). The zero-order valence-corrected chi connectivity index (χ0v) is 9.57. The molecule has 0 bridgehead atoms. The molecule has 0 heterocycles. The molecule has 16 heavy (non-hydrogen) atoms. The van der Waals surface area contributed by atoms with Crippen molar-refractivity contribution in [1.29, 1.82) is 0 Å². The van der Waals surface area contributed by atoms with Crippen molar-refractivity contribution < 1.29 is 4.79 Å². The molecule has 0 aliphatic rings. The van der Waals surface area contributed by atoms with Crippen molar-refractivity contribution in [3.05, 3.63) is 60.3 Å². The maximum Gasteiger partial charge on any atom is 0.228 e. The van der Waals surface area contributed by atoms with E-state index in [1.54, 1.807) is 6.08 Å². The maximum atomic E-state index is 11.7. The lowest BCUT2D eigenvalue weighted by atomic mass is 10.1. The highest BCUT2D eigenvalue weighted by Crippen LogP contribution is 2.01. The lowest BCUT2D eigenvalue weighted by Crippen LogP contribution is -2.24. The summed E-state index contributed by atoms with van der Waals surface area (Å²) in [6.07, 6.45) is 4.71. The van der Waals surface area contributed by atoms with Crippen molar-refractivity contribution in [2.45, 2.75) is 19.8 Å². The molecule has 0 unspecified atom stereocenters. The molecule has 1 N–H and O–H groups in total. The first-order valence-corrected chi connectivity index (χ1v) is 5.41. The maximum absolute atomic E-state index is 11.7. The first kappa shape index (κ1) is 12.2. The number of allylic oxidation sites excluding steroid dienone is 3. The molecule has 1 amide bonds. The fraction of sp³-hybridized carbons (Fsp3) is 0.214. The van der Waals surface area contributed by atoms with Crippen molar-refractivity contribution >= 4 is 5.91 Å². The normalized spacial score (nSPS) is 10.9. The predicted molar refractivity (Wildman–Crippen MR) is 66.9 cm³/mol. The van der Waals surface area contributed by atoms with Crippen LogP contribution in [0.3, 0.4) is 0 Å². The average Bonchev–Trinajstić information content (AvgIpc) is 2.29. The number of hydrogen-bond acceptors (Lipinski definition) is 1. The first-order chi connectivity index (χ1) is 7.76. The van der Waals surface area contributed by atoms with E-state index in [1.165, 1.54) is 0 Å². The molecule has 0 aliphatic carbocycles. The standard InChI is InChI=1S/C14H17NO/c1-3-8-13(4-2)15-14(16)11-12-9-6-5-7-10-12/h3,5-10H,1,4,11H2,2H3,(H,15,16). The van der Waals surface area contributed by atoms with Gasteiger partial charge in [0.15, 0.2) is 0 Å². The summed E-state index contributed by atoms with van der Waals surface area (Å²) in [4.78, 5) is 11.7. The van der Waals surface area contributed by atoms with E-state index in [9.17, 15) is 4.79 Å². The minimum absolute atomic E-state index is 0.0150. The van der Waals surface area contributed by atoms with E-state index in [0.29, 0.717) is 6.42 Å². The van der Waals surface area contributed by atoms with E-state index >= 15 is 0 Å². The second-order valence-corrected chi connectivity index (χ2v) is 3.49. The van der Waals surface area contributed by atoms with Crippen LogP contribution >= 0.6 is 0 Å². The van der Waals surface area contributed by atoms with Crippen molar-refractivity contribution in [1.82, 2.24) is 5.32 Å². The molecule has 0 radical (unpaired) electrons. The van der Waals surface area contributed by atoms with Crippen LogP contribution in [0, 0.1) is 0 Å². The van der Waals surface area contributed by atoms with Crippen LogP contribution in [-0.4, -0.2) is 5.91 Å². The Balaban J connectivity index is 2.54. The van der Waals surface area contributed by atoms with Crippen molar-refractivity contribution in [3.63, 3.8) is 0 Å². The summed E-state index contributed by atoms with van der Waals surface area (Å²) in [5, 5.41) is 2.87. The molecule has 0 atom stereocenters. The lowest BCUT2D eigenvalue weighted by Gasteiger charge is -2.07. The number of amides is 1. The first-order valence-electron chi connectivity index (χ1n) is 5.41. The summed E-state index contributed by atoms with van der Waals surface area (Å²) in [5.74, 6) is 0.0150. The highest BCUT2D eigenvalue weighted by Gasteiger charge is 2.03. The van der Waals surface area contributed by atoms with Crippen LogP contribution in [0.2, 0.25) is 0 Å². The summed E-state index contributed by atoms with van der Waals surface area (Å²) < 4.78 is 0. The zero-order valence-electron chi connectivity index (χ0n) is 9.57. The van der Waals surface area contributed by atoms with Crippen LogP contribution in [0.1, 0.15) is 18.9 Å². The van der Waals surface area contributed by atoms with E-state index in [-0.39, 0.29) is 5.91 Å². The van der Waals surface area contributed by atoms with Gasteiger partial charge in [-0.2, -0.15) is 0 Å². The van der Waals surface area contributed by atoms with E-state index < -0.39 is 0 Å². The molecule has 0 fully saturated rings. The minimum atomic E-state index is 0.0150. The number of rotatable bonds is 5. The highest BCUT2D eigenvalue weighted by atomic mass is 16.1. The zero-order chi connectivity index (χ0) is 11.8. The van der Waals surface area contributed by atoms with Crippen LogP contribution in [-0.2, 0) is 11.2 Å². The van der Waals surface area contributed by atoms with Gasteiger partial charge in [0.2, 0.25) is 5.91 Å². The molecule has 0 aromatic heterocycles. The van der Waals surface area contributed by atoms with Gasteiger partial charge in [0.1, 0.15) is 0 Å². The summed E-state index contributed by atoms with van der Waals surface area (Å²) in [7, 11) is 0. The molecule has 0 saturated heterocycles. The van der Waals surface area contributed by atoms with Gasteiger partial charge in [-0.25, -0.2) is 0 Å². The molecule has 1 aromatic carbocycles. The SMILES string of the molecule is C=CC=C(CC)NC(=O)Cc1ccccc1. The number of nitrogens with one attached hydrogen (secondary N) is 1. The third kappa shape index (κ3) is 4.13. The Hall–Kier alpha value is -1.83. The molecule has 2 nitrogen and oxygen atoms in total. The topological polar surface area (TPSA) is 29.1 Å². The second-order valence-electron chi connectivity index (χ2n) is 3.49. The largest absolute Gasteiger partial charge is 0.330 e. The highest BCUT2D eigenvalue weighted by molar-refractivity contribution is 5.80. The Morgan fingerprint density at radius 2 is 2.06 bits per heavy atom. The fourth-order valence-corrected chi connectivity index (χ4v) is 1.39. The Morgan fingerprint density at radius 1 is 1.38 bits per heavy atom. The summed E-state index contributed by atoms with van der Waals surface area (Å²) >= 11 is 0. The molecule has 1 aromatic rings. The van der Waals surface area contributed by atoms with Gasteiger partial charge in [-0.1, -0.05) is 49.9 Å². The molecular formula is C14H17NO. The molecule has 2 heteroatoms. The van der Waals surface area contributed by atoms with E-state index in [0.717, 1.165) is 17.7 Å². The van der Waals surface area contributed by atoms with Gasteiger partial charge in [-0.3, -0.25) is 4.79 Å². The number of benzene rings is 1. The lowest BCUT2D eigenvalue weighted by molar-refractivity contribution is -0.119.